The highest BCUT2D eigenvalue weighted by molar-refractivity contribution is 6.31. The molecule has 0 aliphatic carbocycles. The minimum Gasteiger partial charge on any atom is -0.480 e. The lowest BCUT2D eigenvalue weighted by Crippen LogP contribution is -2.41. The summed E-state index contributed by atoms with van der Waals surface area (Å²) in [5.41, 5.74) is 1.00. The van der Waals surface area contributed by atoms with Gasteiger partial charge >= 0.3 is 0 Å². The van der Waals surface area contributed by atoms with Crippen molar-refractivity contribution in [2.24, 2.45) is 4.99 Å². The van der Waals surface area contributed by atoms with Crippen molar-refractivity contribution in [2.75, 3.05) is 27.2 Å². The van der Waals surface area contributed by atoms with Gasteiger partial charge < -0.3 is 15.0 Å². The zero-order valence-electron chi connectivity index (χ0n) is 10.6. The van der Waals surface area contributed by atoms with Gasteiger partial charge in [0, 0.05) is 32.9 Å². The molecule has 98 valence electrons. The topological polar surface area (TPSA) is 49.8 Å². The molecule has 6 heteroatoms. The number of ether oxygens (including phenoxy) is 1. The summed E-state index contributed by atoms with van der Waals surface area (Å²) in [6, 6.07) is 1.85. The molecule has 0 bridgehead atoms. The third-order valence-electron chi connectivity index (χ3n) is 2.78. The van der Waals surface area contributed by atoms with E-state index in [2.05, 4.69) is 20.2 Å². The summed E-state index contributed by atoms with van der Waals surface area (Å²) in [6.45, 7) is 2.57. The molecular weight excluding hydrogens is 252 g/mol. The lowest BCUT2D eigenvalue weighted by molar-refractivity contribution is 0.397. The molecule has 1 aliphatic heterocycles. The maximum atomic E-state index is 6.02. The van der Waals surface area contributed by atoms with E-state index in [0.29, 0.717) is 17.4 Å². The minimum absolute atomic E-state index is 0.451. The first kappa shape index (κ1) is 13.0. The number of hydrogen-bond acceptors (Lipinski definition) is 5. The first-order valence-corrected chi connectivity index (χ1v) is 6.26. The van der Waals surface area contributed by atoms with Gasteiger partial charge in [0.2, 0.25) is 5.88 Å². The Balaban J connectivity index is 1.98. The number of nitrogens with zero attached hydrogens (tertiary/aromatic N) is 3. The summed E-state index contributed by atoms with van der Waals surface area (Å²) in [5.74, 6) is 1.38. The van der Waals surface area contributed by atoms with Crippen LogP contribution in [0, 0.1) is 0 Å². The number of pyridine rings is 1. The maximum absolute atomic E-state index is 6.02. The number of aromatic nitrogens is 1. The van der Waals surface area contributed by atoms with Crippen molar-refractivity contribution in [3.63, 3.8) is 0 Å². The van der Waals surface area contributed by atoms with Gasteiger partial charge in [0.25, 0.3) is 0 Å². The van der Waals surface area contributed by atoms with Crippen LogP contribution in [0.3, 0.4) is 0 Å². The second-order valence-corrected chi connectivity index (χ2v) is 4.58. The Hall–Kier alpha value is -1.49. The van der Waals surface area contributed by atoms with Crippen LogP contribution >= 0.6 is 11.6 Å². The highest BCUT2D eigenvalue weighted by atomic mass is 35.5. The third kappa shape index (κ3) is 3.04. The van der Waals surface area contributed by atoms with E-state index in [4.69, 9.17) is 16.3 Å². The van der Waals surface area contributed by atoms with Crippen LogP contribution in [0.25, 0.3) is 0 Å². The van der Waals surface area contributed by atoms with Crippen molar-refractivity contribution < 1.29 is 4.74 Å². The van der Waals surface area contributed by atoms with Crippen molar-refractivity contribution >= 4 is 17.6 Å². The minimum atomic E-state index is 0.451. The zero-order valence-corrected chi connectivity index (χ0v) is 11.4. The van der Waals surface area contributed by atoms with Crippen molar-refractivity contribution in [3.05, 3.63) is 22.8 Å². The Morgan fingerprint density at radius 1 is 1.56 bits per heavy atom. The summed E-state index contributed by atoms with van der Waals surface area (Å²) < 4.78 is 5.02. The van der Waals surface area contributed by atoms with Crippen molar-refractivity contribution in [3.8, 4) is 5.88 Å². The second kappa shape index (κ2) is 5.91. The van der Waals surface area contributed by atoms with Crippen LogP contribution in [0.15, 0.2) is 17.3 Å². The molecule has 1 aromatic rings. The maximum Gasteiger partial charge on any atom is 0.232 e. The quantitative estimate of drug-likeness (QED) is 0.903. The van der Waals surface area contributed by atoms with Gasteiger partial charge in [-0.1, -0.05) is 11.6 Å². The fourth-order valence-corrected chi connectivity index (χ4v) is 2.07. The number of methoxy groups -OCH3 is 1. The Bertz CT molecular complexity index is 450. The predicted molar refractivity (Wildman–Crippen MR) is 72.2 cm³/mol. The summed E-state index contributed by atoms with van der Waals surface area (Å²) in [5, 5.41) is 3.81. The van der Waals surface area contributed by atoms with Gasteiger partial charge in [0.15, 0.2) is 5.96 Å². The Kier molecular flexibility index (Phi) is 4.25. The summed E-state index contributed by atoms with van der Waals surface area (Å²) in [6.07, 6.45) is 2.86. The molecule has 0 fully saturated rings. The number of hydrogen-bond donors (Lipinski definition) is 1. The Morgan fingerprint density at radius 2 is 2.39 bits per heavy atom. The average molecular weight is 269 g/mol. The number of guanidine groups is 1. The van der Waals surface area contributed by atoms with E-state index in [1.54, 1.807) is 13.3 Å². The molecule has 0 spiro atoms. The van der Waals surface area contributed by atoms with Crippen molar-refractivity contribution in [1.82, 2.24) is 15.2 Å². The molecule has 0 saturated heterocycles. The molecule has 1 N–H and O–H groups in total. The number of rotatable bonds is 3. The smallest absolute Gasteiger partial charge is 0.232 e. The van der Waals surface area contributed by atoms with Crippen LogP contribution in [-0.2, 0) is 6.54 Å². The number of halogens is 1. The molecule has 0 unspecified atom stereocenters. The molecule has 2 heterocycles. The van der Waals surface area contributed by atoms with Crippen LogP contribution in [0.5, 0.6) is 5.88 Å². The fraction of sp³-hybridized carbons (Fsp3) is 0.500. The average Bonchev–Trinajstić information content (AvgIpc) is 2.38. The van der Waals surface area contributed by atoms with Crippen molar-refractivity contribution in [1.29, 1.82) is 0 Å². The fourth-order valence-electron chi connectivity index (χ4n) is 1.80. The summed E-state index contributed by atoms with van der Waals surface area (Å²) in [4.78, 5) is 10.7. The first-order valence-electron chi connectivity index (χ1n) is 5.88. The van der Waals surface area contributed by atoms with E-state index in [1.165, 1.54) is 0 Å². The van der Waals surface area contributed by atoms with Gasteiger partial charge in [0.1, 0.15) is 5.02 Å². The number of aliphatic imine (C=N–C) groups is 1. The van der Waals surface area contributed by atoms with Gasteiger partial charge in [0.05, 0.1) is 7.11 Å². The largest absolute Gasteiger partial charge is 0.480 e. The first-order chi connectivity index (χ1) is 8.70. The van der Waals surface area contributed by atoms with Gasteiger partial charge in [-0.15, -0.1) is 0 Å². The van der Waals surface area contributed by atoms with E-state index in [-0.39, 0.29) is 0 Å². The summed E-state index contributed by atoms with van der Waals surface area (Å²) in [7, 11) is 3.59. The molecule has 0 aromatic carbocycles. The molecule has 2 rings (SSSR count). The molecule has 0 amide bonds. The van der Waals surface area contributed by atoms with E-state index >= 15 is 0 Å². The molecule has 0 saturated carbocycles. The van der Waals surface area contributed by atoms with Gasteiger partial charge in [-0.05, 0) is 18.1 Å². The zero-order chi connectivity index (χ0) is 13.0. The molecule has 1 aliphatic rings. The van der Waals surface area contributed by atoms with E-state index in [1.807, 2.05) is 13.1 Å². The predicted octanol–water partition coefficient (Wildman–Crippen LogP) is 1.52. The Morgan fingerprint density at radius 3 is 3.06 bits per heavy atom. The SMILES string of the molecule is COc1ncc(CNC2=NCCCN2C)cc1Cl. The monoisotopic (exact) mass is 268 g/mol. The molecular formula is C12H17ClN4O. The van der Waals surface area contributed by atoms with E-state index < -0.39 is 0 Å². The van der Waals surface area contributed by atoms with Crippen molar-refractivity contribution in [2.45, 2.75) is 13.0 Å². The highest BCUT2D eigenvalue weighted by Crippen LogP contribution is 2.21. The molecule has 5 nitrogen and oxygen atoms in total. The van der Waals surface area contributed by atoms with E-state index in [9.17, 15) is 0 Å². The molecule has 1 aromatic heterocycles. The highest BCUT2D eigenvalue weighted by Gasteiger charge is 2.10. The second-order valence-electron chi connectivity index (χ2n) is 4.17. The van der Waals surface area contributed by atoms with Crippen LogP contribution in [0.4, 0.5) is 0 Å². The molecule has 18 heavy (non-hydrogen) atoms. The lowest BCUT2D eigenvalue weighted by Gasteiger charge is -2.25. The van der Waals surface area contributed by atoms with Crippen LogP contribution in [0.1, 0.15) is 12.0 Å². The molecule has 0 atom stereocenters. The lowest BCUT2D eigenvalue weighted by atomic mass is 10.3. The normalized spacial score (nSPS) is 15.3. The van der Waals surface area contributed by atoms with E-state index in [0.717, 1.165) is 31.0 Å². The number of nitrogens with one attached hydrogen (secondary N) is 1. The standard InChI is InChI=1S/C12H17ClN4O/c1-17-5-3-4-14-12(17)16-8-9-6-10(13)11(18-2)15-7-9/h6-7H,3-5,8H2,1-2H3,(H,14,16). The van der Waals surface area contributed by atoms with Crippen LogP contribution in [-0.4, -0.2) is 43.1 Å². The summed E-state index contributed by atoms with van der Waals surface area (Å²) >= 11 is 6.02. The van der Waals surface area contributed by atoms with Gasteiger partial charge in [-0.25, -0.2) is 4.98 Å². The van der Waals surface area contributed by atoms with Gasteiger partial charge in [-0.3, -0.25) is 4.99 Å². The Labute approximate surface area is 112 Å². The third-order valence-corrected chi connectivity index (χ3v) is 3.05. The van der Waals surface area contributed by atoms with Crippen LogP contribution < -0.4 is 10.1 Å². The molecule has 0 radical (unpaired) electrons. The van der Waals surface area contributed by atoms with Gasteiger partial charge in [-0.2, -0.15) is 0 Å². The van der Waals surface area contributed by atoms with Crippen LogP contribution in [0.2, 0.25) is 5.02 Å².